The topological polar surface area (TPSA) is 57.2 Å². The predicted octanol–water partition coefficient (Wildman–Crippen LogP) is 7.69. The van der Waals surface area contributed by atoms with Crippen LogP contribution in [0.2, 0.25) is 18.1 Å². The monoisotopic (exact) mass is 593 g/mol. The second kappa shape index (κ2) is 13.0. The van der Waals surface area contributed by atoms with Crippen LogP contribution in [0.5, 0.6) is 11.5 Å². The summed E-state index contributed by atoms with van der Waals surface area (Å²) >= 11 is 0. The summed E-state index contributed by atoms with van der Waals surface area (Å²) in [5.74, 6) is -0.953. The van der Waals surface area contributed by atoms with Crippen molar-refractivity contribution in [2.45, 2.75) is 82.6 Å². The van der Waals surface area contributed by atoms with Crippen molar-refractivity contribution < 1.29 is 36.6 Å². The van der Waals surface area contributed by atoms with Gasteiger partial charge >= 0.3 is 12.1 Å². The maximum atomic E-state index is 14.2. The minimum Gasteiger partial charge on any atom is -0.543 e. The second-order valence-corrected chi connectivity index (χ2v) is 16.7. The minimum absolute atomic E-state index is 0.00816. The average molecular weight is 594 g/mol. The normalized spacial score (nSPS) is 17.8. The zero-order valence-electron chi connectivity index (χ0n) is 24.8. The number of hydrogen-bond donors (Lipinski definition) is 0. The minimum atomic E-state index is -5.15. The Morgan fingerprint density at radius 1 is 1.10 bits per heavy atom. The Morgan fingerprint density at radius 2 is 1.78 bits per heavy atom. The van der Waals surface area contributed by atoms with E-state index in [-0.39, 0.29) is 23.8 Å². The third-order valence-electron chi connectivity index (χ3n) is 7.85. The smallest absolute Gasteiger partial charge is 0.471 e. The van der Waals surface area contributed by atoms with Crippen LogP contribution < -0.4 is 14.1 Å². The van der Waals surface area contributed by atoms with Gasteiger partial charge in [-0.1, -0.05) is 39.0 Å². The first-order chi connectivity index (χ1) is 19.1. The molecule has 3 rings (SSSR count). The Hall–Kier alpha value is -2.82. The number of alkyl halides is 3. The van der Waals surface area contributed by atoms with Gasteiger partial charge in [0.2, 0.25) is 8.32 Å². The van der Waals surface area contributed by atoms with Crippen LogP contribution in [-0.4, -0.2) is 52.6 Å². The molecule has 0 aliphatic carbocycles. The quantitative estimate of drug-likeness (QED) is 0.198. The number of halogens is 3. The lowest BCUT2D eigenvalue weighted by Crippen LogP contribution is -2.59. The van der Waals surface area contributed by atoms with Crippen molar-refractivity contribution in [3.63, 3.8) is 0 Å². The SMILES string of the molecule is C=C[C@](COC1CCCCO1)(Cc1cccc(O[Si](C)(C)C(C)(C)C)c1)N(C(=O)C(F)(F)F)c1ccc(OC)cc1. The van der Waals surface area contributed by atoms with Crippen LogP contribution in [0.3, 0.4) is 0 Å². The fraction of sp³-hybridized carbons (Fsp3) is 0.516. The zero-order valence-corrected chi connectivity index (χ0v) is 25.8. The van der Waals surface area contributed by atoms with Gasteiger partial charge in [-0.05, 0) is 79.4 Å². The van der Waals surface area contributed by atoms with E-state index < -0.39 is 32.2 Å². The number of carbonyl (C=O) groups excluding carboxylic acids is 1. The molecule has 1 aliphatic heterocycles. The molecular formula is C31H42F3NO5Si. The lowest BCUT2D eigenvalue weighted by molar-refractivity contribution is -0.178. The maximum Gasteiger partial charge on any atom is 0.471 e. The van der Waals surface area contributed by atoms with Gasteiger partial charge in [0.05, 0.1) is 19.3 Å². The van der Waals surface area contributed by atoms with Gasteiger partial charge in [-0.3, -0.25) is 9.69 Å². The number of methoxy groups -OCH3 is 1. The first-order valence-electron chi connectivity index (χ1n) is 13.8. The molecule has 0 aromatic heterocycles. The number of ether oxygens (including phenoxy) is 3. The molecule has 0 saturated carbocycles. The van der Waals surface area contributed by atoms with Gasteiger partial charge in [0.15, 0.2) is 6.29 Å². The molecule has 1 unspecified atom stereocenters. The van der Waals surface area contributed by atoms with E-state index in [1.165, 1.54) is 37.5 Å². The number of carbonyl (C=O) groups is 1. The molecular weight excluding hydrogens is 551 g/mol. The fourth-order valence-corrected chi connectivity index (χ4v) is 5.47. The van der Waals surface area contributed by atoms with Gasteiger partial charge in [-0.15, -0.1) is 6.58 Å². The summed E-state index contributed by atoms with van der Waals surface area (Å²) in [7, 11) is -0.729. The molecule has 10 heteroatoms. The average Bonchev–Trinajstić information content (AvgIpc) is 2.91. The highest BCUT2D eigenvalue weighted by Gasteiger charge is 2.50. The molecule has 0 N–H and O–H groups in total. The third kappa shape index (κ3) is 8.14. The molecule has 1 amide bonds. The molecule has 1 saturated heterocycles. The van der Waals surface area contributed by atoms with Gasteiger partial charge in [-0.25, -0.2) is 0 Å². The van der Waals surface area contributed by atoms with Crippen LogP contribution in [0.4, 0.5) is 18.9 Å². The van der Waals surface area contributed by atoms with Gasteiger partial charge in [-0.2, -0.15) is 13.2 Å². The molecule has 0 bridgehead atoms. The number of benzene rings is 2. The molecule has 226 valence electrons. The molecule has 1 aliphatic rings. The summed E-state index contributed by atoms with van der Waals surface area (Å²) in [6.45, 7) is 14.8. The van der Waals surface area contributed by atoms with Gasteiger partial charge in [0.25, 0.3) is 0 Å². The van der Waals surface area contributed by atoms with E-state index >= 15 is 0 Å². The van der Waals surface area contributed by atoms with E-state index in [0.29, 0.717) is 30.1 Å². The van der Waals surface area contributed by atoms with Gasteiger partial charge in [0.1, 0.15) is 11.5 Å². The Balaban J connectivity index is 2.10. The van der Waals surface area contributed by atoms with E-state index in [2.05, 4.69) is 40.4 Å². The van der Waals surface area contributed by atoms with E-state index in [1.807, 2.05) is 12.1 Å². The predicted molar refractivity (Wildman–Crippen MR) is 157 cm³/mol. The molecule has 2 aromatic carbocycles. The van der Waals surface area contributed by atoms with E-state index in [1.54, 1.807) is 12.1 Å². The van der Waals surface area contributed by atoms with E-state index in [0.717, 1.165) is 17.7 Å². The highest BCUT2D eigenvalue weighted by molar-refractivity contribution is 6.74. The van der Waals surface area contributed by atoms with Crippen molar-refractivity contribution in [3.05, 3.63) is 66.7 Å². The van der Waals surface area contributed by atoms with Crippen LogP contribution in [-0.2, 0) is 20.7 Å². The Labute approximate surface area is 242 Å². The number of anilines is 1. The summed E-state index contributed by atoms with van der Waals surface area (Å²) < 4.78 is 65.9. The van der Waals surface area contributed by atoms with Crippen molar-refractivity contribution in [3.8, 4) is 11.5 Å². The molecule has 0 spiro atoms. The third-order valence-corrected chi connectivity index (χ3v) is 12.2. The van der Waals surface area contributed by atoms with Gasteiger partial charge in [0, 0.05) is 18.7 Å². The van der Waals surface area contributed by atoms with Crippen molar-refractivity contribution >= 4 is 19.9 Å². The largest absolute Gasteiger partial charge is 0.543 e. The molecule has 2 atom stereocenters. The number of hydrogen-bond acceptors (Lipinski definition) is 5. The lowest BCUT2D eigenvalue weighted by Gasteiger charge is -2.43. The zero-order chi connectivity index (χ0) is 30.5. The Kier molecular flexibility index (Phi) is 10.4. The summed E-state index contributed by atoms with van der Waals surface area (Å²) in [6.07, 6.45) is -2.01. The van der Waals surface area contributed by atoms with E-state index in [4.69, 9.17) is 18.6 Å². The molecule has 41 heavy (non-hydrogen) atoms. The molecule has 6 nitrogen and oxygen atoms in total. The highest BCUT2D eigenvalue weighted by Crippen LogP contribution is 2.39. The first kappa shape index (κ1) is 32.7. The molecule has 1 fully saturated rings. The Morgan fingerprint density at radius 3 is 2.32 bits per heavy atom. The first-order valence-corrected chi connectivity index (χ1v) is 16.7. The number of amides is 1. The van der Waals surface area contributed by atoms with Crippen LogP contribution in [0.15, 0.2) is 61.2 Å². The van der Waals surface area contributed by atoms with Crippen molar-refractivity contribution in [2.24, 2.45) is 0 Å². The summed E-state index contributed by atoms with van der Waals surface area (Å²) in [4.78, 5) is 13.9. The highest BCUT2D eigenvalue weighted by atomic mass is 28.4. The summed E-state index contributed by atoms with van der Waals surface area (Å²) in [6, 6.07) is 13.1. The molecule has 0 radical (unpaired) electrons. The summed E-state index contributed by atoms with van der Waals surface area (Å²) in [5, 5.41) is -0.0496. The standard InChI is InChI=1S/C31H42F3NO5Si/c1-8-30(22-39-27-14-9-10-19-38-27,21-23-12-11-13-26(20-23)40-41(6,7)29(2,3)4)35(28(36)31(32,33)34)24-15-17-25(37-5)18-16-24/h8,11-13,15-18,20,27H,1,9-10,14,19,21-22H2,2-7H3/t27?,30-/m1/s1. The van der Waals surface area contributed by atoms with Gasteiger partial charge < -0.3 is 18.6 Å². The molecule has 2 aromatic rings. The van der Waals surface area contributed by atoms with Crippen LogP contribution in [0.1, 0.15) is 45.6 Å². The van der Waals surface area contributed by atoms with Crippen molar-refractivity contribution in [2.75, 3.05) is 25.2 Å². The van der Waals surface area contributed by atoms with Crippen LogP contribution >= 0.6 is 0 Å². The fourth-order valence-electron chi connectivity index (χ4n) is 4.45. The van der Waals surface area contributed by atoms with Crippen LogP contribution in [0.25, 0.3) is 0 Å². The maximum absolute atomic E-state index is 14.2. The number of rotatable bonds is 11. The lowest BCUT2D eigenvalue weighted by atomic mass is 9.88. The van der Waals surface area contributed by atoms with E-state index in [9.17, 15) is 18.0 Å². The van der Waals surface area contributed by atoms with Crippen molar-refractivity contribution in [1.82, 2.24) is 0 Å². The summed E-state index contributed by atoms with van der Waals surface area (Å²) in [5.41, 5.74) is -0.907. The second-order valence-electron chi connectivity index (χ2n) is 11.9. The van der Waals surface area contributed by atoms with Crippen LogP contribution in [0, 0.1) is 0 Å². The number of nitrogens with zero attached hydrogens (tertiary/aromatic N) is 1. The molecule has 1 heterocycles. The Bertz CT molecular complexity index is 1170. The van der Waals surface area contributed by atoms with Crippen molar-refractivity contribution in [1.29, 1.82) is 0 Å².